The van der Waals surface area contributed by atoms with Gasteiger partial charge in [-0.05, 0) is 18.6 Å². The van der Waals surface area contributed by atoms with Crippen molar-refractivity contribution < 1.29 is 4.79 Å². The van der Waals surface area contributed by atoms with Gasteiger partial charge in [0.2, 0.25) is 5.91 Å². The van der Waals surface area contributed by atoms with Crippen LogP contribution in [0, 0.1) is 6.92 Å². The molecule has 0 aliphatic heterocycles. The van der Waals surface area contributed by atoms with Crippen molar-refractivity contribution in [1.82, 2.24) is 9.88 Å². The molecular weight excluding hydrogens is 284 g/mol. The van der Waals surface area contributed by atoms with E-state index in [0.717, 1.165) is 22.6 Å². The lowest BCUT2D eigenvalue weighted by Crippen LogP contribution is -2.30. The molecule has 0 fully saturated rings. The molecule has 1 aromatic heterocycles. The fourth-order valence-corrected chi connectivity index (χ4v) is 2.57. The fraction of sp³-hybridized carbons (Fsp3) is 0.231. The normalized spacial score (nSPS) is 10.4. The van der Waals surface area contributed by atoms with Crippen LogP contribution in [-0.4, -0.2) is 10.5 Å². The van der Waals surface area contributed by atoms with Gasteiger partial charge in [0.15, 0.2) is 0 Å². The molecule has 0 saturated carbocycles. The van der Waals surface area contributed by atoms with Crippen LogP contribution in [0.25, 0.3) is 0 Å². The summed E-state index contributed by atoms with van der Waals surface area (Å²) in [6, 6.07) is 7.32. The van der Waals surface area contributed by atoms with Gasteiger partial charge in [-0.15, -0.1) is 0 Å². The molecule has 6 heteroatoms. The van der Waals surface area contributed by atoms with Crippen molar-refractivity contribution in [2.24, 2.45) is 0 Å². The number of aryl methyl sites for hydroxylation is 1. The first kappa shape index (κ1) is 13.8. The molecule has 1 amide bonds. The van der Waals surface area contributed by atoms with Crippen molar-refractivity contribution in [3.05, 3.63) is 55.6 Å². The monoisotopic (exact) mass is 296 g/mol. The maximum absolute atomic E-state index is 11.8. The summed E-state index contributed by atoms with van der Waals surface area (Å²) in [5.41, 5.74) is 1.65. The van der Waals surface area contributed by atoms with Crippen LogP contribution in [0.15, 0.2) is 34.4 Å². The zero-order chi connectivity index (χ0) is 13.8. The number of hydrogen-bond acceptors (Lipinski definition) is 3. The zero-order valence-electron chi connectivity index (χ0n) is 10.4. The third-order valence-corrected chi connectivity index (χ3v) is 3.96. The first-order valence-electron chi connectivity index (χ1n) is 5.73. The number of amides is 1. The van der Waals surface area contributed by atoms with Crippen LogP contribution in [0.5, 0.6) is 0 Å². The molecule has 100 valence electrons. The number of carbonyl (C=O) groups excluding carboxylic acids is 1. The smallest absolute Gasteiger partial charge is 0.307 e. The molecule has 0 aliphatic carbocycles. The summed E-state index contributed by atoms with van der Waals surface area (Å²) in [7, 11) is 0. The highest BCUT2D eigenvalue weighted by Gasteiger charge is 2.08. The van der Waals surface area contributed by atoms with Gasteiger partial charge in [0, 0.05) is 22.6 Å². The van der Waals surface area contributed by atoms with E-state index < -0.39 is 0 Å². The number of rotatable bonds is 4. The van der Waals surface area contributed by atoms with E-state index in [9.17, 15) is 9.59 Å². The maximum atomic E-state index is 11.8. The number of aromatic nitrogens is 1. The second-order valence-corrected chi connectivity index (χ2v) is 5.33. The van der Waals surface area contributed by atoms with Crippen LogP contribution >= 0.6 is 22.9 Å². The van der Waals surface area contributed by atoms with Gasteiger partial charge in [-0.3, -0.25) is 14.2 Å². The van der Waals surface area contributed by atoms with E-state index in [2.05, 4.69) is 5.32 Å². The van der Waals surface area contributed by atoms with E-state index in [1.54, 1.807) is 18.4 Å². The number of thiazole rings is 1. The molecule has 0 aliphatic rings. The Balaban J connectivity index is 1.96. The fourth-order valence-electron chi connectivity index (χ4n) is 1.63. The molecule has 1 heterocycles. The van der Waals surface area contributed by atoms with E-state index in [1.165, 1.54) is 4.57 Å². The Morgan fingerprint density at radius 2 is 2.16 bits per heavy atom. The molecule has 2 aromatic rings. The predicted molar refractivity (Wildman–Crippen MR) is 76.6 cm³/mol. The average molecular weight is 297 g/mol. The molecule has 0 bridgehead atoms. The third kappa shape index (κ3) is 3.45. The van der Waals surface area contributed by atoms with E-state index in [1.807, 2.05) is 18.2 Å². The molecule has 0 saturated heterocycles. The molecule has 0 unspecified atom stereocenters. The lowest BCUT2D eigenvalue weighted by atomic mass is 10.2. The summed E-state index contributed by atoms with van der Waals surface area (Å²) in [6.07, 6.45) is 0. The van der Waals surface area contributed by atoms with E-state index in [4.69, 9.17) is 11.6 Å². The van der Waals surface area contributed by atoms with Crippen molar-refractivity contribution in [3.8, 4) is 0 Å². The Labute approximate surface area is 119 Å². The van der Waals surface area contributed by atoms with Crippen LogP contribution in [0.4, 0.5) is 0 Å². The highest BCUT2D eigenvalue weighted by molar-refractivity contribution is 7.07. The van der Waals surface area contributed by atoms with Crippen LogP contribution in [0.3, 0.4) is 0 Å². The quantitative estimate of drug-likeness (QED) is 0.940. The molecule has 0 atom stereocenters. The Morgan fingerprint density at radius 3 is 2.79 bits per heavy atom. The van der Waals surface area contributed by atoms with Gasteiger partial charge in [0.25, 0.3) is 0 Å². The second kappa shape index (κ2) is 6.04. The van der Waals surface area contributed by atoms with E-state index in [-0.39, 0.29) is 17.3 Å². The van der Waals surface area contributed by atoms with Gasteiger partial charge in [0.05, 0.1) is 0 Å². The number of nitrogens with one attached hydrogen (secondary N) is 1. The van der Waals surface area contributed by atoms with E-state index in [0.29, 0.717) is 11.6 Å². The minimum Gasteiger partial charge on any atom is -0.350 e. The van der Waals surface area contributed by atoms with Gasteiger partial charge in [-0.1, -0.05) is 41.1 Å². The Hall–Kier alpha value is -1.59. The molecule has 4 nitrogen and oxygen atoms in total. The highest BCUT2D eigenvalue weighted by Crippen LogP contribution is 2.14. The van der Waals surface area contributed by atoms with Gasteiger partial charge in [0.1, 0.15) is 6.54 Å². The Morgan fingerprint density at radius 1 is 1.42 bits per heavy atom. The van der Waals surface area contributed by atoms with Gasteiger partial charge in [-0.2, -0.15) is 0 Å². The Kier molecular flexibility index (Phi) is 4.39. The number of carbonyl (C=O) groups is 1. The molecule has 19 heavy (non-hydrogen) atoms. The molecule has 1 N–H and O–H groups in total. The predicted octanol–water partition coefficient (Wildman–Crippen LogP) is 2.19. The average Bonchev–Trinajstić information content (AvgIpc) is 2.70. The summed E-state index contributed by atoms with van der Waals surface area (Å²) >= 11 is 7.09. The molecule has 0 radical (unpaired) electrons. The van der Waals surface area contributed by atoms with Gasteiger partial charge < -0.3 is 5.32 Å². The number of benzene rings is 1. The largest absolute Gasteiger partial charge is 0.350 e. The van der Waals surface area contributed by atoms with Crippen molar-refractivity contribution in [2.75, 3.05) is 0 Å². The van der Waals surface area contributed by atoms with Crippen LogP contribution < -0.4 is 10.2 Å². The van der Waals surface area contributed by atoms with E-state index >= 15 is 0 Å². The second-order valence-electron chi connectivity index (χ2n) is 4.10. The minimum atomic E-state index is -0.205. The summed E-state index contributed by atoms with van der Waals surface area (Å²) in [6.45, 7) is 2.20. The Bertz CT molecular complexity index is 648. The topological polar surface area (TPSA) is 51.1 Å². The summed E-state index contributed by atoms with van der Waals surface area (Å²) in [5.74, 6) is -0.205. The maximum Gasteiger partial charge on any atom is 0.307 e. The lowest BCUT2D eigenvalue weighted by molar-refractivity contribution is -0.121. The summed E-state index contributed by atoms with van der Waals surface area (Å²) < 4.78 is 1.45. The zero-order valence-corrected chi connectivity index (χ0v) is 11.9. The number of nitrogens with zero attached hydrogens (tertiary/aromatic N) is 1. The summed E-state index contributed by atoms with van der Waals surface area (Å²) in [5, 5.41) is 5.11. The summed E-state index contributed by atoms with van der Waals surface area (Å²) in [4.78, 5) is 23.2. The minimum absolute atomic E-state index is 0.0403. The van der Waals surface area contributed by atoms with Gasteiger partial charge in [-0.25, -0.2) is 0 Å². The van der Waals surface area contributed by atoms with Crippen LogP contribution in [0.1, 0.15) is 11.3 Å². The number of halogens is 1. The third-order valence-electron chi connectivity index (χ3n) is 2.71. The van der Waals surface area contributed by atoms with Crippen molar-refractivity contribution in [2.45, 2.75) is 20.0 Å². The van der Waals surface area contributed by atoms with Crippen LogP contribution in [-0.2, 0) is 17.9 Å². The highest BCUT2D eigenvalue weighted by atomic mass is 35.5. The molecule has 0 spiro atoms. The lowest BCUT2D eigenvalue weighted by Gasteiger charge is -2.08. The SMILES string of the molecule is Cc1csc(=O)n1CC(=O)NCc1ccccc1Cl. The van der Waals surface area contributed by atoms with Crippen molar-refractivity contribution in [3.63, 3.8) is 0 Å². The molecule has 2 rings (SSSR count). The standard InChI is InChI=1S/C13H13ClN2O2S/c1-9-8-19-13(18)16(9)7-12(17)15-6-10-4-2-3-5-11(10)14/h2-5,8H,6-7H2,1H3,(H,15,17). The van der Waals surface area contributed by atoms with Crippen molar-refractivity contribution >= 4 is 28.8 Å². The van der Waals surface area contributed by atoms with Gasteiger partial charge >= 0.3 is 4.87 Å². The van der Waals surface area contributed by atoms with Crippen LogP contribution in [0.2, 0.25) is 5.02 Å². The van der Waals surface area contributed by atoms with Crippen molar-refractivity contribution in [1.29, 1.82) is 0 Å². The molecule has 1 aromatic carbocycles. The first-order valence-corrected chi connectivity index (χ1v) is 6.98. The molecular formula is C13H13ClN2O2S. The number of hydrogen-bond donors (Lipinski definition) is 1. The first-order chi connectivity index (χ1) is 9.08.